The fourth-order valence-corrected chi connectivity index (χ4v) is 4.14. The van der Waals surface area contributed by atoms with Gasteiger partial charge >= 0.3 is 0 Å². The summed E-state index contributed by atoms with van der Waals surface area (Å²) in [5.41, 5.74) is 3.05. The van der Waals surface area contributed by atoms with Gasteiger partial charge in [0, 0.05) is 47.6 Å². The highest BCUT2D eigenvalue weighted by atomic mass is 32.1. The minimum atomic E-state index is 0.0903. The first-order chi connectivity index (χ1) is 12.3. The summed E-state index contributed by atoms with van der Waals surface area (Å²) in [5, 5.41) is 0. The lowest BCUT2D eigenvalue weighted by Crippen LogP contribution is -2.35. The van der Waals surface area contributed by atoms with E-state index in [0.717, 1.165) is 24.1 Å². The summed E-state index contributed by atoms with van der Waals surface area (Å²) in [6, 6.07) is 7.93. The maximum Gasteiger partial charge on any atom is 0.255 e. The van der Waals surface area contributed by atoms with E-state index in [4.69, 9.17) is 4.74 Å². The van der Waals surface area contributed by atoms with Crippen LogP contribution in [0.1, 0.15) is 31.2 Å². The van der Waals surface area contributed by atoms with E-state index in [1.54, 1.807) is 29.9 Å². The van der Waals surface area contributed by atoms with Crippen molar-refractivity contribution in [3.05, 3.63) is 75.5 Å². The zero-order valence-corrected chi connectivity index (χ0v) is 14.6. The third kappa shape index (κ3) is 3.65. The lowest BCUT2D eigenvalue weighted by atomic mass is 10.1. The Labute approximate surface area is 150 Å². The van der Waals surface area contributed by atoms with E-state index in [1.807, 2.05) is 29.3 Å². The number of carbonyl (C=O) groups is 1. The van der Waals surface area contributed by atoms with Crippen molar-refractivity contribution in [3.63, 3.8) is 0 Å². The van der Waals surface area contributed by atoms with Crippen LogP contribution in [-0.4, -0.2) is 27.3 Å². The van der Waals surface area contributed by atoms with Crippen LogP contribution in [0.3, 0.4) is 0 Å². The molecule has 0 saturated heterocycles. The third-order valence-electron chi connectivity index (χ3n) is 4.29. The molecule has 3 aromatic rings. The van der Waals surface area contributed by atoms with E-state index >= 15 is 0 Å². The molecule has 0 spiro atoms. The molecule has 128 valence electrons. The summed E-state index contributed by atoms with van der Waals surface area (Å²) in [7, 11) is 0. The summed E-state index contributed by atoms with van der Waals surface area (Å²) in [4.78, 5) is 24.0. The van der Waals surface area contributed by atoms with E-state index in [-0.39, 0.29) is 5.91 Å². The van der Waals surface area contributed by atoms with Gasteiger partial charge in [0.1, 0.15) is 0 Å². The van der Waals surface area contributed by atoms with Crippen LogP contribution in [0.5, 0.6) is 0 Å². The molecule has 1 aliphatic heterocycles. The van der Waals surface area contributed by atoms with Gasteiger partial charge in [-0.1, -0.05) is 6.07 Å². The summed E-state index contributed by atoms with van der Waals surface area (Å²) < 4.78 is 5.80. The van der Waals surface area contributed by atoms with Crippen molar-refractivity contribution in [2.75, 3.05) is 6.54 Å². The second kappa shape index (κ2) is 7.21. The molecule has 0 unspecified atom stereocenters. The molecule has 3 aromatic heterocycles. The van der Waals surface area contributed by atoms with Crippen LogP contribution in [-0.2, 0) is 30.9 Å². The van der Waals surface area contributed by atoms with Gasteiger partial charge in [-0.3, -0.25) is 9.78 Å². The number of aromatic amines is 1. The van der Waals surface area contributed by atoms with Crippen LogP contribution >= 0.6 is 11.3 Å². The number of nitrogens with zero attached hydrogens (tertiary/aromatic N) is 2. The number of ether oxygens (including phenoxy) is 1. The third-order valence-corrected chi connectivity index (χ3v) is 5.50. The predicted octanol–water partition coefficient (Wildman–Crippen LogP) is 3.39. The molecule has 6 heteroatoms. The molecular formula is C19H19N3O2S. The quantitative estimate of drug-likeness (QED) is 0.765. The van der Waals surface area contributed by atoms with Crippen molar-refractivity contribution in [1.29, 1.82) is 0 Å². The summed E-state index contributed by atoms with van der Waals surface area (Å²) in [5.74, 6) is 0.0903. The molecule has 25 heavy (non-hydrogen) atoms. The highest BCUT2D eigenvalue weighted by molar-refractivity contribution is 7.12. The number of H-pyrrole nitrogens is 1. The van der Waals surface area contributed by atoms with Gasteiger partial charge in [0.25, 0.3) is 5.91 Å². The molecule has 0 aromatic carbocycles. The van der Waals surface area contributed by atoms with Crippen molar-refractivity contribution >= 4 is 17.2 Å². The topological polar surface area (TPSA) is 58.2 Å². The second-order valence-electron chi connectivity index (χ2n) is 6.09. The number of hydrogen-bond acceptors (Lipinski definition) is 4. The average molecular weight is 353 g/mol. The largest absolute Gasteiger partial charge is 0.371 e. The Kier molecular flexibility index (Phi) is 4.63. The number of aromatic nitrogens is 2. The number of amides is 1. The van der Waals surface area contributed by atoms with E-state index in [0.29, 0.717) is 19.8 Å². The molecule has 0 aliphatic carbocycles. The van der Waals surface area contributed by atoms with Crippen molar-refractivity contribution in [3.8, 4) is 0 Å². The monoisotopic (exact) mass is 353 g/mol. The zero-order valence-electron chi connectivity index (χ0n) is 13.8. The van der Waals surface area contributed by atoms with Crippen LogP contribution < -0.4 is 0 Å². The van der Waals surface area contributed by atoms with Gasteiger partial charge in [0.2, 0.25) is 0 Å². The number of carbonyl (C=O) groups excluding carboxylic acids is 1. The SMILES string of the molecule is O=C(c1cc[nH]c1)N1CCc2sc(COCc3cccnc3)cc2C1. The molecule has 1 amide bonds. The van der Waals surface area contributed by atoms with Crippen LogP contribution in [0.2, 0.25) is 0 Å². The summed E-state index contributed by atoms with van der Waals surface area (Å²) in [6.07, 6.45) is 8.04. The lowest BCUT2D eigenvalue weighted by Gasteiger charge is -2.26. The van der Waals surface area contributed by atoms with Gasteiger partial charge in [0.15, 0.2) is 0 Å². The van der Waals surface area contributed by atoms with Crippen molar-refractivity contribution in [1.82, 2.24) is 14.9 Å². The van der Waals surface area contributed by atoms with Crippen LogP contribution in [0, 0.1) is 0 Å². The maximum absolute atomic E-state index is 12.5. The Morgan fingerprint density at radius 3 is 3.12 bits per heavy atom. The van der Waals surface area contributed by atoms with Gasteiger partial charge in [-0.25, -0.2) is 0 Å². The molecule has 5 nitrogen and oxygen atoms in total. The minimum Gasteiger partial charge on any atom is -0.371 e. The number of pyridine rings is 1. The molecular weight excluding hydrogens is 334 g/mol. The Balaban J connectivity index is 1.36. The molecule has 0 atom stereocenters. The predicted molar refractivity (Wildman–Crippen MR) is 96.3 cm³/mol. The van der Waals surface area contributed by atoms with Gasteiger partial charge < -0.3 is 14.6 Å². The van der Waals surface area contributed by atoms with Gasteiger partial charge in [-0.15, -0.1) is 11.3 Å². The summed E-state index contributed by atoms with van der Waals surface area (Å²) in [6.45, 7) is 2.61. The van der Waals surface area contributed by atoms with E-state index in [2.05, 4.69) is 16.0 Å². The molecule has 0 radical (unpaired) electrons. The van der Waals surface area contributed by atoms with Crippen molar-refractivity contribution < 1.29 is 9.53 Å². The Morgan fingerprint density at radius 1 is 1.36 bits per heavy atom. The van der Waals surface area contributed by atoms with E-state index in [1.165, 1.54) is 15.3 Å². The fourth-order valence-electron chi connectivity index (χ4n) is 3.03. The molecule has 0 bridgehead atoms. The summed E-state index contributed by atoms with van der Waals surface area (Å²) >= 11 is 1.80. The number of fused-ring (bicyclic) bond motifs is 1. The molecule has 4 heterocycles. The molecule has 1 N–H and O–H groups in total. The number of hydrogen-bond donors (Lipinski definition) is 1. The Morgan fingerprint density at radius 2 is 2.32 bits per heavy atom. The number of thiophene rings is 1. The lowest BCUT2D eigenvalue weighted by molar-refractivity contribution is 0.0736. The maximum atomic E-state index is 12.5. The highest BCUT2D eigenvalue weighted by Crippen LogP contribution is 2.29. The first-order valence-corrected chi connectivity index (χ1v) is 9.10. The second-order valence-corrected chi connectivity index (χ2v) is 7.31. The average Bonchev–Trinajstić information content (AvgIpc) is 3.31. The van der Waals surface area contributed by atoms with Crippen LogP contribution in [0.25, 0.3) is 0 Å². The van der Waals surface area contributed by atoms with Gasteiger partial charge in [-0.05, 0) is 35.7 Å². The molecule has 4 rings (SSSR count). The standard InChI is InChI=1S/C19H19N3O2S/c23-19(15-3-6-21-10-15)22-7-4-18-16(11-22)8-17(25-18)13-24-12-14-2-1-5-20-9-14/h1-3,5-6,8-10,21H,4,7,11-13H2. The Hall–Kier alpha value is -2.44. The van der Waals surface area contributed by atoms with E-state index in [9.17, 15) is 4.79 Å². The smallest absolute Gasteiger partial charge is 0.255 e. The van der Waals surface area contributed by atoms with Crippen LogP contribution in [0.4, 0.5) is 0 Å². The fraction of sp³-hybridized carbons (Fsp3) is 0.263. The first-order valence-electron chi connectivity index (χ1n) is 8.29. The van der Waals surface area contributed by atoms with Gasteiger partial charge in [0.05, 0.1) is 18.8 Å². The van der Waals surface area contributed by atoms with Crippen molar-refractivity contribution in [2.24, 2.45) is 0 Å². The minimum absolute atomic E-state index is 0.0903. The molecule has 1 aliphatic rings. The Bertz CT molecular complexity index is 843. The molecule has 0 fully saturated rings. The van der Waals surface area contributed by atoms with Crippen molar-refractivity contribution in [2.45, 2.75) is 26.2 Å². The zero-order chi connectivity index (χ0) is 17.1. The number of rotatable bonds is 5. The first kappa shape index (κ1) is 16.1. The highest BCUT2D eigenvalue weighted by Gasteiger charge is 2.23. The van der Waals surface area contributed by atoms with E-state index < -0.39 is 0 Å². The molecule has 0 saturated carbocycles. The normalized spacial score (nSPS) is 13.7. The van der Waals surface area contributed by atoms with Gasteiger partial charge in [-0.2, -0.15) is 0 Å². The van der Waals surface area contributed by atoms with Crippen LogP contribution in [0.15, 0.2) is 49.1 Å². The number of nitrogens with one attached hydrogen (secondary N) is 1.